The van der Waals surface area contributed by atoms with Gasteiger partial charge in [-0.15, -0.1) is 11.3 Å². The Morgan fingerprint density at radius 3 is 2.68 bits per heavy atom. The summed E-state index contributed by atoms with van der Waals surface area (Å²) >= 11 is 1.43. The lowest BCUT2D eigenvalue weighted by Gasteiger charge is -2.10. The molecule has 0 saturated heterocycles. The third-order valence-electron chi connectivity index (χ3n) is 2.91. The van der Waals surface area contributed by atoms with E-state index < -0.39 is 5.97 Å². The second kappa shape index (κ2) is 5.40. The van der Waals surface area contributed by atoms with E-state index in [9.17, 15) is 9.59 Å². The average molecular weight is 277 g/mol. The minimum absolute atomic E-state index is 0.0737. The summed E-state index contributed by atoms with van der Waals surface area (Å²) in [6.07, 6.45) is -0.0737. The molecule has 1 aromatic carbocycles. The van der Waals surface area contributed by atoms with Gasteiger partial charge in [0, 0.05) is 10.7 Å². The van der Waals surface area contributed by atoms with Crippen LogP contribution in [0.3, 0.4) is 0 Å². The van der Waals surface area contributed by atoms with E-state index in [1.54, 1.807) is 6.92 Å². The molecule has 1 amide bonds. The summed E-state index contributed by atoms with van der Waals surface area (Å²) in [5, 5.41) is 12.5. The second-order valence-corrected chi connectivity index (χ2v) is 5.58. The van der Waals surface area contributed by atoms with Gasteiger partial charge in [-0.3, -0.25) is 9.59 Å². The van der Waals surface area contributed by atoms with Crippen LogP contribution < -0.4 is 5.32 Å². The van der Waals surface area contributed by atoms with E-state index in [1.807, 2.05) is 31.2 Å². The molecule has 0 fully saturated rings. The van der Waals surface area contributed by atoms with E-state index in [-0.39, 0.29) is 18.4 Å². The van der Waals surface area contributed by atoms with Gasteiger partial charge in [-0.05, 0) is 30.9 Å². The molecule has 0 bridgehead atoms. The Morgan fingerprint density at radius 2 is 2.05 bits per heavy atom. The van der Waals surface area contributed by atoms with Crippen molar-refractivity contribution in [1.29, 1.82) is 0 Å². The summed E-state index contributed by atoms with van der Waals surface area (Å²) < 4.78 is 1.07. The van der Waals surface area contributed by atoms with E-state index in [0.717, 1.165) is 15.6 Å². The third kappa shape index (κ3) is 2.93. The van der Waals surface area contributed by atoms with Crippen LogP contribution in [0.25, 0.3) is 10.1 Å². The molecule has 1 heterocycles. The zero-order valence-corrected chi connectivity index (χ0v) is 11.6. The molecule has 100 valence electrons. The predicted octanol–water partition coefficient (Wildman–Crippen LogP) is 2.80. The summed E-state index contributed by atoms with van der Waals surface area (Å²) in [6, 6.07) is 7.46. The minimum Gasteiger partial charge on any atom is -0.481 e. The Hall–Kier alpha value is -1.88. The van der Waals surface area contributed by atoms with Crippen LogP contribution in [-0.2, 0) is 4.79 Å². The maximum Gasteiger partial charge on any atom is 0.305 e. The number of fused-ring (bicyclic) bond motifs is 1. The Balaban J connectivity index is 2.22. The van der Waals surface area contributed by atoms with Gasteiger partial charge < -0.3 is 10.4 Å². The number of aryl methyl sites for hydroxylation is 1. The molecular weight excluding hydrogens is 262 g/mol. The molecular formula is C14H15NO3S. The summed E-state index contributed by atoms with van der Waals surface area (Å²) in [6.45, 7) is 3.60. The van der Waals surface area contributed by atoms with E-state index >= 15 is 0 Å². The van der Waals surface area contributed by atoms with Crippen LogP contribution >= 0.6 is 11.3 Å². The number of aliphatic carboxylic acids is 1. The van der Waals surface area contributed by atoms with Crippen molar-refractivity contribution in [2.75, 3.05) is 0 Å². The molecule has 1 unspecified atom stereocenters. The van der Waals surface area contributed by atoms with Crippen molar-refractivity contribution in [2.45, 2.75) is 26.3 Å². The highest BCUT2D eigenvalue weighted by atomic mass is 32.1. The number of thiophene rings is 1. The zero-order valence-electron chi connectivity index (χ0n) is 10.8. The first-order chi connectivity index (χ1) is 8.99. The fourth-order valence-corrected chi connectivity index (χ4v) is 3.11. The van der Waals surface area contributed by atoms with Crippen molar-refractivity contribution in [1.82, 2.24) is 5.32 Å². The van der Waals surface area contributed by atoms with Gasteiger partial charge in [0.25, 0.3) is 5.91 Å². The molecule has 2 N–H and O–H groups in total. The smallest absolute Gasteiger partial charge is 0.305 e. The maximum absolute atomic E-state index is 12.1. The first kappa shape index (κ1) is 13.5. The van der Waals surface area contributed by atoms with Gasteiger partial charge in [-0.1, -0.05) is 18.2 Å². The molecule has 1 atom stereocenters. The van der Waals surface area contributed by atoms with Gasteiger partial charge in [0.2, 0.25) is 0 Å². The monoisotopic (exact) mass is 277 g/mol. The lowest BCUT2D eigenvalue weighted by Crippen LogP contribution is -2.34. The number of hydrogen-bond donors (Lipinski definition) is 2. The minimum atomic E-state index is -0.916. The fourth-order valence-electron chi connectivity index (χ4n) is 1.99. The second-order valence-electron chi connectivity index (χ2n) is 4.52. The van der Waals surface area contributed by atoms with Crippen molar-refractivity contribution in [3.8, 4) is 0 Å². The maximum atomic E-state index is 12.1. The molecule has 5 heteroatoms. The Bertz CT molecular complexity index is 633. The summed E-state index contributed by atoms with van der Waals surface area (Å²) in [7, 11) is 0. The van der Waals surface area contributed by atoms with Crippen LogP contribution in [0.2, 0.25) is 0 Å². The Morgan fingerprint density at radius 1 is 1.37 bits per heavy atom. The SMILES string of the molecule is Cc1c(C(=O)NC(C)CC(=O)O)sc2ccccc12. The van der Waals surface area contributed by atoms with Crippen LogP contribution in [0, 0.1) is 6.92 Å². The number of carboxylic acid groups (broad SMARTS) is 1. The van der Waals surface area contributed by atoms with Crippen molar-refractivity contribution in [2.24, 2.45) is 0 Å². The molecule has 19 heavy (non-hydrogen) atoms. The van der Waals surface area contributed by atoms with Gasteiger partial charge in [0.15, 0.2) is 0 Å². The van der Waals surface area contributed by atoms with Crippen LogP contribution in [-0.4, -0.2) is 23.0 Å². The van der Waals surface area contributed by atoms with E-state index in [4.69, 9.17) is 5.11 Å². The molecule has 4 nitrogen and oxygen atoms in total. The number of carbonyl (C=O) groups excluding carboxylic acids is 1. The molecule has 0 aliphatic heterocycles. The topological polar surface area (TPSA) is 66.4 Å². The summed E-state index contributed by atoms with van der Waals surface area (Å²) in [5.74, 6) is -1.12. The van der Waals surface area contributed by atoms with Crippen molar-refractivity contribution < 1.29 is 14.7 Å². The highest BCUT2D eigenvalue weighted by Crippen LogP contribution is 2.30. The fraction of sp³-hybridized carbons (Fsp3) is 0.286. The van der Waals surface area contributed by atoms with Crippen LogP contribution in [0.4, 0.5) is 0 Å². The lowest BCUT2D eigenvalue weighted by atomic mass is 10.1. The van der Waals surface area contributed by atoms with Gasteiger partial charge in [0.05, 0.1) is 11.3 Å². The number of nitrogens with one attached hydrogen (secondary N) is 1. The van der Waals surface area contributed by atoms with E-state index in [0.29, 0.717) is 4.88 Å². The van der Waals surface area contributed by atoms with E-state index in [2.05, 4.69) is 5.32 Å². The zero-order chi connectivity index (χ0) is 14.0. The van der Waals surface area contributed by atoms with Crippen LogP contribution in [0.5, 0.6) is 0 Å². The first-order valence-corrected chi connectivity index (χ1v) is 6.81. The molecule has 1 aromatic heterocycles. The van der Waals surface area contributed by atoms with Crippen molar-refractivity contribution >= 4 is 33.3 Å². The molecule has 0 aliphatic carbocycles. The predicted molar refractivity (Wildman–Crippen MR) is 75.7 cm³/mol. The van der Waals surface area contributed by atoms with Gasteiger partial charge >= 0.3 is 5.97 Å². The number of rotatable bonds is 4. The highest BCUT2D eigenvalue weighted by molar-refractivity contribution is 7.21. The first-order valence-electron chi connectivity index (χ1n) is 6.00. The van der Waals surface area contributed by atoms with Gasteiger partial charge in [-0.25, -0.2) is 0 Å². The molecule has 0 spiro atoms. The summed E-state index contributed by atoms with van der Waals surface area (Å²) in [5.41, 5.74) is 0.945. The number of carbonyl (C=O) groups is 2. The normalized spacial score (nSPS) is 12.3. The highest BCUT2D eigenvalue weighted by Gasteiger charge is 2.17. The van der Waals surface area contributed by atoms with Crippen molar-refractivity contribution in [3.05, 3.63) is 34.7 Å². The number of hydrogen-bond acceptors (Lipinski definition) is 3. The quantitative estimate of drug-likeness (QED) is 0.903. The lowest BCUT2D eigenvalue weighted by molar-refractivity contribution is -0.137. The number of amides is 1. The Kier molecular flexibility index (Phi) is 3.85. The molecule has 2 aromatic rings. The average Bonchev–Trinajstić information content (AvgIpc) is 2.66. The molecule has 0 aliphatic rings. The van der Waals surface area contributed by atoms with Crippen LogP contribution in [0.15, 0.2) is 24.3 Å². The van der Waals surface area contributed by atoms with Crippen LogP contribution in [0.1, 0.15) is 28.6 Å². The largest absolute Gasteiger partial charge is 0.481 e. The third-order valence-corrected chi connectivity index (χ3v) is 4.18. The molecule has 0 saturated carbocycles. The van der Waals surface area contributed by atoms with Gasteiger partial charge in [-0.2, -0.15) is 0 Å². The Labute approximate surface area is 115 Å². The number of carboxylic acids is 1. The van der Waals surface area contributed by atoms with Crippen molar-refractivity contribution in [3.63, 3.8) is 0 Å². The molecule has 0 radical (unpaired) electrons. The standard InChI is InChI=1S/C14H15NO3S/c1-8(7-12(16)17)15-14(18)13-9(2)10-5-3-4-6-11(10)19-13/h3-6,8H,7H2,1-2H3,(H,15,18)(H,16,17). The summed E-state index contributed by atoms with van der Waals surface area (Å²) in [4.78, 5) is 23.4. The molecule has 2 rings (SSSR count). The number of benzene rings is 1. The van der Waals surface area contributed by atoms with E-state index in [1.165, 1.54) is 11.3 Å². The van der Waals surface area contributed by atoms with Gasteiger partial charge in [0.1, 0.15) is 0 Å².